The summed E-state index contributed by atoms with van der Waals surface area (Å²) in [5, 5.41) is 8.61. The van der Waals surface area contributed by atoms with E-state index in [4.69, 9.17) is 9.47 Å². The molecule has 4 aromatic carbocycles. The summed E-state index contributed by atoms with van der Waals surface area (Å²) in [6.45, 7) is 6.04. The number of methoxy groups -OCH3 is 1. The van der Waals surface area contributed by atoms with Gasteiger partial charge >= 0.3 is 5.97 Å². The molecule has 0 aliphatic carbocycles. The molecule has 12 heteroatoms. The number of hydrogen-bond donors (Lipinski definition) is 3. The first kappa shape index (κ1) is 39.0. The van der Waals surface area contributed by atoms with E-state index in [9.17, 15) is 19.2 Å². The zero-order valence-electron chi connectivity index (χ0n) is 30.8. The van der Waals surface area contributed by atoms with Crippen LogP contribution in [0.3, 0.4) is 0 Å². The maximum atomic E-state index is 13.7. The number of thioether (sulfide) groups is 1. The molecule has 3 amide bonds. The van der Waals surface area contributed by atoms with Crippen molar-refractivity contribution < 1.29 is 28.7 Å². The van der Waals surface area contributed by atoms with E-state index in [1.807, 2.05) is 30.3 Å². The van der Waals surface area contributed by atoms with E-state index in [2.05, 4.69) is 33.0 Å². The second kappa shape index (κ2) is 18.6. The number of benzene rings is 4. The van der Waals surface area contributed by atoms with Crippen LogP contribution < -0.4 is 20.7 Å². The van der Waals surface area contributed by atoms with Crippen LogP contribution in [0.4, 0.5) is 10.7 Å². The summed E-state index contributed by atoms with van der Waals surface area (Å²) in [6.07, 6.45) is 2.26. The van der Waals surface area contributed by atoms with Gasteiger partial charge in [-0.05, 0) is 85.5 Å². The largest absolute Gasteiger partial charge is 0.497 e. The Morgan fingerprint density at radius 2 is 1.65 bits per heavy atom. The molecule has 6 rings (SSSR count). The fraction of sp³-hybridized carbons (Fsp3) is 0.209. The van der Waals surface area contributed by atoms with Gasteiger partial charge in [-0.25, -0.2) is 4.79 Å². The molecule has 55 heavy (non-hydrogen) atoms. The molecule has 0 spiro atoms. The van der Waals surface area contributed by atoms with Gasteiger partial charge in [-0.2, -0.15) is 0 Å². The molecular weight excluding hydrogens is 733 g/mol. The highest BCUT2D eigenvalue weighted by molar-refractivity contribution is 8.00. The number of carbonyl (C=O) groups is 4. The number of rotatable bonds is 14. The standard InChI is InChI=1S/C43H42N4O6S2/c1-4-53-43(51)38-35-21-22-47(26-29-13-7-5-8-14-29)27-37(35)55-42(38)46-39(48)28(2)54-34-20-12-18-32(25-34)44-41(50)36(24-30-15-11-19-33(23-30)52-3)45-40(49)31-16-9-6-10-17-31/h5-20,23-25,28H,4,21-22,26-27H2,1-3H3,(H,44,50)(H,45,49)(H,46,48)/b36-24-. The fourth-order valence-corrected chi connectivity index (χ4v) is 8.30. The Bertz CT molecular complexity index is 2190. The molecule has 0 saturated carbocycles. The van der Waals surface area contributed by atoms with Crippen LogP contribution in [-0.2, 0) is 33.8 Å². The molecule has 1 unspecified atom stereocenters. The first-order valence-electron chi connectivity index (χ1n) is 17.9. The fourth-order valence-electron chi connectivity index (χ4n) is 6.10. The maximum absolute atomic E-state index is 13.7. The Hall–Kier alpha value is -5.69. The summed E-state index contributed by atoms with van der Waals surface area (Å²) < 4.78 is 10.8. The quantitative estimate of drug-likeness (QED) is 0.0589. The molecule has 1 aliphatic heterocycles. The summed E-state index contributed by atoms with van der Waals surface area (Å²) in [6, 6.07) is 33.2. The number of ether oxygens (including phenoxy) is 2. The molecule has 0 radical (unpaired) electrons. The zero-order valence-corrected chi connectivity index (χ0v) is 32.4. The number of thiophene rings is 1. The van der Waals surface area contributed by atoms with Crippen molar-refractivity contribution in [1.82, 2.24) is 10.2 Å². The SMILES string of the molecule is CCOC(=O)c1c(NC(=O)C(C)Sc2cccc(NC(=O)/C(=C/c3cccc(OC)c3)NC(=O)c3ccccc3)c2)sc2c1CCN(Cc1ccccc1)C2. The minimum Gasteiger partial charge on any atom is -0.497 e. The number of carbonyl (C=O) groups excluding carboxylic acids is 4. The zero-order chi connectivity index (χ0) is 38.7. The van der Waals surface area contributed by atoms with Gasteiger partial charge in [0.15, 0.2) is 0 Å². The molecule has 0 fully saturated rings. The van der Waals surface area contributed by atoms with Gasteiger partial charge in [0.1, 0.15) is 16.4 Å². The summed E-state index contributed by atoms with van der Waals surface area (Å²) in [4.78, 5) is 57.7. The lowest BCUT2D eigenvalue weighted by molar-refractivity contribution is -0.115. The van der Waals surface area contributed by atoms with Crippen molar-refractivity contribution >= 4 is 63.6 Å². The van der Waals surface area contributed by atoms with Gasteiger partial charge in [0.25, 0.3) is 11.8 Å². The Kier molecular flexibility index (Phi) is 13.2. The molecule has 1 atom stereocenters. The van der Waals surface area contributed by atoms with Crippen molar-refractivity contribution in [3.63, 3.8) is 0 Å². The van der Waals surface area contributed by atoms with Gasteiger partial charge in [0.2, 0.25) is 5.91 Å². The number of esters is 1. The van der Waals surface area contributed by atoms with Crippen LogP contribution >= 0.6 is 23.1 Å². The number of anilines is 2. The smallest absolute Gasteiger partial charge is 0.341 e. The van der Waals surface area contributed by atoms with E-state index < -0.39 is 23.0 Å². The van der Waals surface area contributed by atoms with E-state index >= 15 is 0 Å². The summed E-state index contributed by atoms with van der Waals surface area (Å²) in [5.74, 6) is -1.06. The van der Waals surface area contributed by atoms with Crippen LogP contribution in [0, 0.1) is 0 Å². The topological polar surface area (TPSA) is 126 Å². The van der Waals surface area contributed by atoms with Gasteiger partial charge in [-0.15, -0.1) is 23.1 Å². The molecule has 5 aromatic rings. The third kappa shape index (κ3) is 10.3. The molecule has 0 bridgehead atoms. The second-order valence-electron chi connectivity index (χ2n) is 12.8. The summed E-state index contributed by atoms with van der Waals surface area (Å²) in [5.41, 5.74) is 4.16. The number of nitrogens with zero attached hydrogens (tertiary/aromatic N) is 1. The molecule has 1 aromatic heterocycles. The average Bonchev–Trinajstić information content (AvgIpc) is 3.55. The van der Waals surface area contributed by atoms with Gasteiger partial charge < -0.3 is 25.4 Å². The average molecular weight is 775 g/mol. The van der Waals surface area contributed by atoms with E-state index in [0.717, 1.165) is 28.4 Å². The highest BCUT2D eigenvalue weighted by atomic mass is 32.2. The van der Waals surface area contributed by atoms with Crippen molar-refractivity contribution in [2.75, 3.05) is 30.9 Å². The monoisotopic (exact) mass is 774 g/mol. The minimum atomic E-state index is -0.552. The van der Waals surface area contributed by atoms with Gasteiger partial charge in [-0.3, -0.25) is 19.3 Å². The second-order valence-corrected chi connectivity index (χ2v) is 15.3. The van der Waals surface area contributed by atoms with Gasteiger partial charge in [0.05, 0.1) is 24.5 Å². The number of hydrogen-bond acceptors (Lipinski definition) is 9. The number of amides is 3. The molecule has 3 N–H and O–H groups in total. The Morgan fingerprint density at radius 1 is 0.909 bits per heavy atom. The van der Waals surface area contributed by atoms with Crippen molar-refractivity contribution in [2.24, 2.45) is 0 Å². The van der Waals surface area contributed by atoms with Crippen LogP contribution in [0.5, 0.6) is 5.75 Å². The summed E-state index contributed by atoms with van der Waals surface area (Å²) >= 11 is 2.74. The highest BCUT2D eigenvalue weighted by Gasteiger charge is 2.30. The van der Waals surface area contributed by atoms with Gasteiger partial charge in [0, 0.05) is 40.7 Å². The van der Waals surface area contributed by atoms with E-state index in [-0.39, 0.29) is 18.2 Å². The number of fused-ring (bicyclic) bond motifs is 1. The molecular formula is C43H42N4O6S2. The third-order valence-electron chi connectivity index (χ3n) is 8.81. The van der Waals surface area contributed by atoms with Crippen LogP contribution in [0.1, 0.15) is 56.1 Å². The molecule has 282 valence electrons. The predicted molar refractivity (Wildman–Crippen MR) is 218 cm³/mol. The lowest BCUT2D eigenvalue weighted by Gasteiger charge is -2.27. The lowest BCUT2D eigenvalue weighted by atomic mass is 10.0. The van der Waals surface area contributed by atoms with E-state index in [1.165, 1.54) is 28.7 Å². The van der Waals surface area contributed by atoms with Gasteiger partial charge in [-0.1, -0.05) is 66.7 Å². The Labute approximate surface area is 328 Å². The lowest BCUT2D eigenvalue weighted by Crippen LogP contribution is -2.30. The highest BCUT2D eigenvalue weighted by Crippen LogP contribution is 2.39. The van der Waals surface area contributed by atoms with Crippen molar-refractivity contribution in [1.29, 1.82) is 0 Å². The molecule has 0 saturated heterocycles. The number of nitrogens with one attached hydrogen (secondary N) is 3. The van der Waals surface area contributed by atoms with Crippen LogP contribution in [-0.4, -0.2) is 54.1 Å². The van der Waals surface area contributed by atoms with Crippen LogP contribution in [0.25, 0.3) is 6.08 Å². The summed E-state index contributed by atoms with van der Waals surface area (Å²) in [7, 11) is 1.55. The maximum Gasteiger partial charge on any atom is 0.341 e. The van der Waals surface area contributed by atoms with E-state index in [1.54, 1.807) is 93.8 Å². The minimum absolute atomic E-state index is 0.0344. The Morgan fingerprint density at radius 3 is 2.40 bits per heavy atom. The molecule has 1 aliphatic rings. The first-order valence-corrected chi connectivity index (χ1v) is 19.6. The third-order valence-corrected chi connectivity index (χ3v) is 11.0. The normalized spacial score (nSPS) is 13.3. The van der Waals surface area contributed by atoms with Crippen molar-refractivity contribution in [2.45, 2.75) is 43.5 Å². The van der Waals surface area contributed by atoms with Crippen molar-refractivity contribution in [3.05, 3.63) is 148 Å². The first-order chi connectivity index (χ1) is 26.7. The van der Waals surface area contributed by atoms with E-state index in [0.29, 0.717) is 46.1 Å². The predicted octanol–water partition coefficient (Wildman–Crippen LogP) is 8.02. The molecule has 10 nitrogen and oxygen atoms in total. The van der Waals surface area contributed by atoms with Crippen molar-refractivity contribution in [3.8, 4) is 5.75 Å². The Balaban J connectivity index is 1.15. The van der Waals surface area contributed by atoms with Crippen LogP contribution in [0.2, 0.25) is 0 Å². The molecule has 2 heterocycles. The van der Waals surface area contributed by atoms with Crippen LogP contribution in [0.15, 0.2) is 120 Å².